The van der Waals surface area contributed by atoms with E-state index in [1.54, 1.807) is 0 Å². The summed E-state index contributed by atoms with van der Waals surface area (Å²) in [5, 5.41) is 74.8. The zero-order valence-electron chi connectivity index (χ0n) is 48.6. The summed E-state index contributed by atoms with van der Waals surface area (Å²) < 4.78 is 39.6. The van der Waals surface area contributed by atoms with Gasteiger partial charge in [-0.3, -0.25) is 0 Å². The number of rotatable bonds is 0. The quantitative estimate of drug-likeness (QED) is 0.158. The van der Waals surface area contributed by atoms with Crippen LogP contribution < -0.4 is 95.9 Å². The van der Waals surface area contributed by atoms with Crippen LogP contribution >= 0.6 is 0 Å². The maximum Gasteiger partial charge on any atom is 1.00 e. The van der Waals surface area contributed by atoms with Gasteiger partial charge in [-0.1, -0.05) is 48.5 Å². The third-order valence-electron chi connectivity index (χ3n) is 10.6. The van der Waals surface area contributed by atoms with Crippen molar-refractivity contribution in [2.75, 3.05) is 106 Å². The zero-order valence-corrected chi connectivity index (χ0v) is 48.6. The van der Waals surface area contributed by atoms with Gasteiger partial charge in [0.1, 0.15) is 0 Å². The SMILES string of the molecule is C1CCOC1.C1CCOC1.C1CCOC1.C1CCOC1.C1CCOC1.C1CCOC1.C1CCOC1.C1CCOC1.N#Cc1ccc([O-])cc1.N#Cc1ccc([O-])cc1.N#Cc1ccc([O-])cc1.N#Cc1ccc([O-])cc1.[Li+].[Li+].[Li+].[Li+]. The third kappa shape index (κ3) is 56.0. The van der Waals surface area contributed by atoms with E-state index in [9.17, 15) is 20.4 Å². The summed E-state index contributed by atoms with van der Waals surface area (Å²) in [4.78, 5) is 0. The smallest absolute Gasteiger partial charge is 0.872 e. The van der Waals surface area contributed by atoms with E-state index in [4.69, 9.17) is 58.9 Å². The molecule has 0 atom stereocenters. The molecular weight excluding hydrogens is 996 g/mol. The first kappa shape index (κ1) is 82.6. The van der Waals surface area contributed by atoms with E-state index >= 15 is 0 Å². The minimum atomic E-state index is -0.0611. The summed E-state index contributed by atoms with van der Waals surface area (Å²) in [6.07, 6.45) is 20.4. The minimum Gasteiger partial charge on any atom is -0.872 e. The molecule has 4 aromatic rings. The van der Waals surface area contributed by atoms with E-state index in [1.165, 1.54) is 200 Å². The molecule has 8 heterocycles. The largest absolute Gasteiger partial charge is 1.00 e. The van der Waals surface area contributed by atoms with Crippen LogP contribution in [0.25, 0.3) is 0 Å². The van der Waals surface area contributed by atoms with Gasteiger partial charge in [0.2, 0.25) is 0 Å². The Morgan fingerprint density at radius 3 is 0.375 bits per heavy atom. The van der Waals surface area contributed by atoms with Gasteiger partial charge in [0.15, 0.2) is 0 Å². The Morgan fingerprint density at radius 1 is 0.212 bits per heavy atom. The van der Waals surface area contributed by atoms with Crippen LogP contribution in [-0.2, 0) is 37.9 Å². The van der Waals surface area contributed by atoms with Crippen LogP contribution in [0.4, 0.5) is 0 Å². The van der Waals surface area contributed by atoms with Crippen molar-refractivity contribution in [2.24, 2.45) is 0 Å². The van der Waals surface area contributed by atoms with Gasteiger partial charge in [0.25, 0.3) is 0 Å². The molecule has 0 aliphatic carbocycles. The molecule has 0 spiro atoms. The molecule has 8 fully saturated rings. The van der Waals surface area contributed by atoms with Crippen molar-refractivity contribution in [2.45, 2.75) is 103 Å². The van der Waals surface area contributed by atoms with Crippen LogP contribution in [0.15, 0.2) is 97.1 Å². The van der Waals surface area contributed by atoms with Crippen LogP contribution in [0.2, 0.25) is 0 Å². The van der Waals surface area contributed by atoms with Gasteiger partial charge in [-0.05, 0) is 151 Å². The van der Waals surface area contributed by atoms with Crippen molar-refractivity contribution < 1.29 is 134 Å². The molecule has 0 aromatic heterocycles. The molecular formula is C60H80Li4N4O12. The maximum absolute atomic E-state index is 10.4. The Morgan fingerprint density at radius 2 is 0.312 bits per heavy atom. The van der Waals surface area contributed by atoms with Gasteiger partial charge in [0.05, 0.1) is 46.5 Å². The topological polar surface area (TPSA) is 261 Å². The molecule has 8 aliphatic heterocycles. The summed E-state index contributed by atoms with van der Waals surface area (Å²) in [7, 11) is 0. The van der Waals surface area contributed by atoms with E-state index in [0.29, 0.717) is 22.3 Å². The summed E-state index contributed by atoms with van der Waals surface area (Å²) in [6, 6.07) is 30.7. The Labute approximate surface area is 526 Å². The summed E-state index contributed by atoms with van der Waals surface area (Å²) >= 11 is 0. The van der Waals surface area contributed by atoms with Gasteiger partial charge >= 0.3 is 75.4 Å². The van der Waals surface area contributed by atoms with Gasteiger partial charge in [-0.25, -0.2) is 0 Å². The van der Waals surface area contributed by atoms with Crippen LogP contribution in [0.1, 0.15) is 125 Å². The average molecular weight is 1080 g/mol. The van der Waals surface area contributed by atoms with Crippen molar-refractivity contribution >= 4 is 0 Å². The van der Waals surface area contributed by atoms with Crippen molar-refractivity contribution in [3.8, 4) is 47.3 Å². The van der Waals surface area contributed by atoms with E-state index in [1.807, 2.05) is 24.3 Å². The molecule has 0 unspecified atom stereocenters. The monoisotopic (exact) mass is 1080 g/mol. The minimum absolute atomic E-state index is 0. The Bertz CT molecular complexity index is 1670. The molecule has 20 heteroatoms. The molecule has 4 aromatic carbocycles. The van der Waals surface area contributed by atoms with Crippen molar-refractivity contribution in [1.29, 1.82) is 21.0 Å². The first-order valence-corrected chi connectivity index (χ1v) is 26.6. The predicted molar refractivity (Wildman–Crippen MR) is 283 cm³/mol. The first-order valence-electron chi connectivity index (χ1n) is 26.6. The van der Waals surface area contributed by atoms with Crippen molar-refractivity contribution in [1.82, 2.24) is 0 Å². The number of hydrogen-bond donors (Lipinski definition) is 0. The van der Waals surface area contributed by atoms with Gasteiger partial charge in [-0.2, -0.15) is 21.0 Å². The summed E-state index contributed by atoms with van der Waals surface area (Å²) in [5.74, 6) is -0.244. The molecule has 0 radical (unpaired) electrons. The van der Waals surface area contributed by atoms with Crippen molar-refractivity contribution in [3.63, 3.8) is 0 Å². The maximum atomic E-state index is 10.4. The third-order valence-corrected chi connectivity index (χ3v) is 10.6. The molecule has 0 amide bonds. The van der Waals surface area contributed by atoms with E-state index in [2.05, 4.69) is 0 Å². The molecule has 416 valence electrons. The molecule has 12 rings (SSSR count). The molecule has 80 heavy (non-hydrogen) atoms. The molecule has 16 nitrogen and oxygen atoms in total. The number of benzene rings is 4. The molecule has 8 saturated heterocycles. The molecule has 0 bridgehead atoms. The zero-order chi connectivity index (χ0) is 55.0. The Balaban J connectivity index is -0.000000395. The van der Waals surface area contributed by atoms with Crippen LogP contribution in [0, 0.1) is 45.3 Å². The van der Waals surface area contributed by atoms with Gasteiger partial charge < -0.3 is 58.3 Å². The predicted octanol–water partition coefficient (Wildman–Crippen LogP) is -3.08. The second-order valence-corrected chi connectivity index (χ2v) is 17.1. The second-order valence-electron chi connectivity index (χ2n) is 17.1. The fourth-order valence-electron chi connectivity index (χ4n) is 6.20. The fraction of sp³-hybridized carbons (Fsp3) is 0.533. The molecule has 0 saturated carbocycles. The number of nitrogens with zero attached hydrogens (tertiary/aromatic N) is 4. The summed E-state index contributed by atoms with van der Waals surface area (Å²) in [6.45, 7) is 16.0. The number of hydrogen-bond acceptors (Lipinski definition) is 16. The summed E-state index contributed by atoms with van der Waals surface area (Å²) in [5.41, 5.74) is 2.09. The van der Waals surface area contributed by atoms with Crippen LogP contribution in [-0.4, -0.2) is 106 Å². The number of nitriles is 4. The number of ether oxygens (including phenoxy) is 8. The molecule has 8 aliphatic rings. The Hall–Kier alpha value is -3.89. The van der Waals surface area contributed by atoms with Crippen molar-refractivity contribution in [3.05, 3.63) is 119 Å². The van der Waals surface area contributed by atoms with Crippen LogP contribution in [0.3, 0.4) is 0 Å². The fourth-order valence-corrected chi connectivity index (χ4v) is 6.20. The average Bonchev–Trinajstić information content (AvgIpc) is 4.32. The first-order chi connectivity index (χ1) is 37.3. The van der Waals surface area contributed by atoms with E-state index < -0.39 is 0 Å². The normalized spacial score (nSPS) is 15.8. The second kappa shape index (κ2) is 64.3. The van der Waals surface area contributed by atoms with Gasteiger partial charge in [0, 0.05) is 106 Å². The Kier molecular flexibility index (Phi) is 66.3. The van der Waals surface area contributed by atoms with Gasteiger partial charge in [-0.15, -0.1) is 23.0 Å². The van der Waals surface area contributed by atoms with E-state index in [-0.39, 0.29) is 98.4 Å². The van der Waals surface area contributed by atoms with Crippen LogP contribution in [0.5, 0.6) is 23.0 Å². The molecule has 0 N–H and O–H groups in total. The standard InChI is InChI=1S/4C7H5NO.8C4H8O.4Li/c4*8-5-6-1-3-7(9)4-2-6;8*1-2-4-5-3-1;;;;/h4*1-4,9H;8*1-4H2;;;;/q;;;;;;;;;;;;4*+1/p-4. The van der Waals surface area contributed by atoms with E-state index in [0.717, 1.165) is 106 Å².